The van der Waals surface area contributed by atoms with Crippen LogP contribution in [-0.4, -0.2) is 36.5 Å². The molecule has 0 aliphatic carbocycles. The number of anilines is 1. The largest absolute Gasteiger partial charge is 0.467 e. The lowest BCUT2D eigenvalue weighted by Crippen LogP contribution is -2.44. The molecule has 3 amide bonds. The van der Waals surface area contributed by atoms with Crippen molar-refractivity contribution >= 4 is 17.6 Å². The SMILES string of the molecule is NCc1cc(C(=O)N2CCCC(CNC(=O)Nc3cccc(F)c3)C2)co1. The van der Waals surface area contributed by atoms with E-state index < -0.39 is 11.8 Å². The van der Waals surface area contributed by atoms with E-state index in [4.69, 9.17) is 10.2 Å². The van der Waals surface area contributed by atoms with Gasteiger partial charge in [-0.15, -0.1) is 0 Å². The molecule has 1 unspecified atom stereocenters. The smallest absolute Gasteiger partial charge is 0.319 e. The summed E-state index contributed by atoms with van der Waals surface area (Å²) in [5, 5.41) is 5.38. The predicted molar refractivity (Wildman–Crippen MR) is 98.6 cm³/mol. The molecule has 0 bridgehead atoms. The Kier molecular flexibility index (Phi) is 6.08. The molecule has 1 atom stereocenters. The van der Waals surface area contributed by atoms with Crippen molar-refractivity contribution in [3.8, 4) is 0 Å². The maximum absolute atomic E-state index is 13.2. The van der Waals surface area contributed by atoms with Crippen molar-refractivity contribution in [3.05, 3.63) is 53.7 Å². The first kappa shape index (κ1) is 18.9. The highest BCUT2D eigenvalue weighted by molar-refractivity contribution is 5.94. The number of nitrogens with one attached hydrogen (secondary N) is 2. The Balaban J connectivity index is 1.49. The van der Waals surface area contributed by atoms with Crippen molar-refractivity contribution in [2.45, 2.75) is 19.4 Å². The van der Waals surface area contributed by atoms with Gasteiger partial charge in [-0.05, 0) is 43.0 Å². The van der Waals surface area contributed by atoms with E-state index in [1.807, 2.05) is 0 Å². The maximum Gasteiger partial charge on any atom is 0.319 e. The third kappa shape index (κ3) is 5.07. The molecule has 1 aromatic heterocycles. The minimum Gasteiger partial charge on any atom is -0.467 e. The molecule has 0 radical (unpaired) electrons. The number of carbonyl (C=O) groups is 2. The number of nitrogens with zero attached hydrogens (tertiary/aromatic N) is 1. The normalized spacial score (nSPS) is 16.8. The summed E-state index contributed by atoms with van der Waals surface area (Å²) in [6, 6.07) is 6.97. The van der Waals surface area contributed by atoms with E-state index in [0.717, 1.165) is 12.8 Å². The lowest BCUT2D eigenvalue weighted by atomic mass is 9.97. The van der Waals surface area contributed by atoms with Crippen LogP contribution >= 0.6 is 0 Å². The molecule has 0 saturated carbocycles. The van der Waals surface area contributed by atoms with Crippen molar-refractivity contribution in [2.75, 3.05) is 25.0 Å². The quantitative estimate of drug-likeness (QED) is 0.749. The highest BCUT2D eigenvalue weighted by atomic mass is 19.1. The number of amides is 3. The highest BCUT2D eigenvalue weighted by Crippen LogP contribution is 2.19. The minimum absolute atomic E-state index is 0.0904. The van der Waals surface area contributed by atoms with Crippen LogP contribution < -0.4 is 16.4 Å². The van der Waals surface area contributed by atoms with Crippen LogP contribution in [0, 0.1) is 11.7 Å². The summed E-state index contributed by atoms with van der Waals surface area (Å²) in [7, 11) is 0. The molecule has 1 saturated heterocycles. The number of likely N-dealkylation sites (tertiary alicyclic amines) is 1. The van der Waals surface area contributed by atoms with Gasteiger partial charge in [0.2, 0.25) is 0 Å². The van der Waals surface area contributed by atoms with Gasteiger partial charge < -0.3 is 25.7 Å². The molecule has 144 valence electrons. The van der Waals surface area contributed by atoms with Crippen molar-refractivity contribution in [1.82, 2.24) is 10.2 Å². The lowest BCUT2D eigenvalue weighted by molar-refractivity contribution is 0.0674. The molecule has 8 heteroatoms. The van der Waals surface area contributed by atoms with Crippen molar-refractivity contribution in [2.24, 2.45) is 11.7 Å². The fourth-order valence-corrected chi connectivity index (χ4v) is 3.18. The monoisotopic (exact) mass is 374 g/mol. The first-order valence-corrected chi connectivity index (χ1v) is 8.92. The van der Waals surface area contributed by atoms with Crippen LogP contribution in [0.15, 0.2) is 41.0 Å². The van der Waals surface area contributed by atoms with Gasteiger partial charge in [0.1, 0.15) is 17.8 Å². The van der Waals surface area contributed by atoms with Crippen molar-refractivity contribution < 1.29 is 18.4 Å². The summed E-state index contributed by atoms with van der Waals surface area (Å²) >= 11 is 0. The van der Waals surface area contributed by atoms with E-state index in [-0.39, 0.29) is 18.4 Å². The molecular formula is C19H23FN4O3. The van der Waals surface area contributed by atoms with Crippen LogP contribution in [0.4, 0.5) is 14.9 Å². The summed E-state index contributed by atoms with van der Waals surface area (Å²) < 4.78 is 18.4. The van der Waals surface area contributed by atoms with Crippen LogP contribution in [-0.2, 0) is 6.54 Å². The van der Waals surface area contributed by atoms with Gasteiger partial charge in [0.25, 0.3) is 5.91 Å². The molecule has 1 aliphatic heterocycles. The Hall–Kier alpha value is -2.87. The van der Waals surface area contributed by atoms with E-state index in [2.05, 4.69) is 10.6 Å². The number of hydrogen-bond donors (Lipinski definition) is 3. The van der Waals surface area contributed by atoms with Gasteiger partial charge in [-0.3, -0.25) is 4.79 Å². The second kappa shape index (κ2) is 8.68. The number of carbonyl (C=O) groups excluding carboxylic acids is 2. The molecule has 2 aromatic rings. The molecule has 7 nitrogen and oxygen atoms in total. The van der Waals surface area contributed by atoms with Crippen molar-refractivity contribution in [1.29, 1.82) is 0 Å². The molecule has 1 fully saturated rings. The van der Waals surface area contributed by atoms with E-state index in [1.165, 1.54) is 24.5 Å². The number of rotatable bonds is 5. The summed E-state index contributed by atoms with van der Waals surface area (Å²) in [6.07, 6.45) is 3.22. The second-order valence-electron chi connectivity index (χ2n) is 6.61. The van der Waals surface area contributed by atoms with Gasteiger partial charge in [0.05, 0.1) is 12.1 Å². The van der Waals surface area contributed by atoms with E-state index >= 15 is 0 Å². The molecule has 27 heavy (non-hydrogen) atoms. The average Bonchev–Trinajstić information content (AvgIpc) is 3.15. The average molecular weight is 374 g/mol. The number of nitrogens with two attached hydrogens (primary N) is 1. The van der Waals surface area contributed by atoms with Crippen LogP contribution in [0.1, 0.15) is 29.0 Å². The fraction of sp³-hybridized carbons (Fsp3) is 0.368. The zero-order valence-electron chi connectivity index (χ0n) is 14.9. The summed E-state index contributed by atoms with van der Waals surface area (Å²) in [5.41, 5.74) is 6.40. The van der Waals surface area contributed by atoms with Crippen molar-refractivity contribution in [3.63, 3.8) is 0 Å². The Morgan fingerprint density at radius 1 is 1.33 bits per heavy atom. The number of piperidine rings is 1. The third-order valence-electron chi connectivity index (χ3n) is 4.54. The standard InChI is InChI=1S/C19H23FN4O3/c20-15-4-1-5-16(8-15)23-19(26)22-10-13-3-2-6-24(11-13)18(25)14-7-17(9-21)27-12-14/h1,4-5,7-8,12-13H,2-3,6,9-11,21H2,(H2,22,23,26). The van der Waals surface area contributed by atoms with Gasteiger partial charge in [-0.1, -0.05) is 6.07 Å². The number of halogens is 1. The van der Waals surface area contributed by atoms with Crippen LogP contribution in [0.3, 0.4) is 0 Å². The third-order valence-corrected chi connectivity index (χ3v) is 4.54. The number of hydrogen-bond acceptors (Lipinski definition) is 4. The molecule has 4 N–H and O–H groups in total. The zero-order valence-corrected chi connectivity index (χ0v) is 14.9. The number of furan rings is 1. The van der Waals surface area contributed by atoms with Crippen LogP contribution in [0.25, 0.3) is 0 Å². The van der Waals surface area contributed by atoms with Gasteiger partial charge >= 0.3 is 6.03 Å². The first-order chi connectivity index (χ1) is 13.0. The number of urea groups is 1. The van der Waals surface area contributed by atoms with Gasteiger partial charge in [0, 0.05) is 25.3 Å². The summed E-state index contributed by atoms with van der Waals surface area (Å²) in [5.74, 6) is 0.225. The van der Waals surface area contributed by atoms with Crippen LogP contribution in [0.2, 0.25) is 0 Å². The summed E-state index contributed by atoms with van der Waals surface area (Å²) in [4.78, 5) is 26.3. The molecule has 2 heterocycles. The molecular weight excluding hydrogens is 351 g/mol. The Labute approximate surface area is 156 Å². The highest BCUT2D eigenvalue weighted by Gasteiger charge is 2.25. The Morgan fingerprint density at radius 2 is 2.19 bits per heavy atom. The lowest BCUT2D eigenvalue weighted by Gasteiger charge is -2.32. The van der Waals surface area contributed by atoms with Gasteiger partial charge in [-0.25, -0.2) is 9.18 Å². The Morgan fingerprint density at radius 3 is 2.93 bits per heavy atom. The maximum atomic E-state index is 13.2. The van der Waals surface area contributed by atoms with E-state index in [0.29, 0.717) is 36.6 Å². The second-order valence-corrected chi connectivity index (χ2v) is 6.61. The fourth-order valence-electron chi connectivity index (χ4n) is 3.18. The minimum atomic E-state index is -0.411. The predicted octanol–water partition coefficient (Wildman–Crippen LogP) is 2.55. The topological polar surface area (TPSA) is 101 Å². The van der Waals surface area contributed by atoms with Gasteiger partial charge in [-0.2, -0.15) is 0 Å². The van der Waals surface area contributed by atoms with E-state index in [9.17, 15) is 14.0 Å². The van der Waals surface area contributed by atoms with E-state index in [1.54, 1.807) is 17.0 Å². The molecule has 3 rings (SSSR count). The van der Waals surface area contributed by atoms with Gasteiger partial charge in [0.15, 0.2) is 0 Å². The summed E-state index contributed by atoms with van der Waals surface area (Å²) in [6.45, 7) is 1.92. The zero-order chi connectivity index (χ0) is 19.2. The first-order valence-electron chi connectivity index (χ1n) is 8.92. The van der Waals surface area contributed by atoms with Crippen LogP contribution in [0.5, 0.6) is 0 Å². The molecule has 1 aliphatic rings. The Bertz CT molecular complexity index is 808. The number of benzene rings is 1. The molecule has 0 spiro atoms. The molecule has 1 aromatic carbocycles.